The molecule has 2 saturated heterocycles. The smallest absolute Gasteiger partial charge is 0.280 e. The maximum absolute atomic E-state index is 15.1. The van der Waals surface area contributed by atoms with E-state index in [1.54, 1.807) is 30.1 Å². The molecule has 8 rings (SSSR count). The minimum atomic E-state index is -1.05. The summed E-state index contributed by atoms with van der Waals surface area (Å²) >= 11 is 0. The summed E-state index contributed by atoms with van der Waals surface area (Å²) in [6.07, 6.45) is 3.51. The Morgan fingerprint density at radius 3 is 2.62 bits per heavy atom. The molecule has 2 bridgehead atoms. The minimum Gasteiger partial charge on any atom is -0.477 e. The Morgan fingerprint density at radius 2 is 1.83 bits per heavy atom. The average molecular weight is 825 g/mol. The Balaban J connectivity index is 0.968. The summed E-state index contributed by atoms with van der Waals surface area (Å²) in [4.78, 5) is 53.8. The van der Waals surface area contributed by atoms with E-state index in [0.717, 1.165) is 42.0 Å². The SMILES string of the molecule is COC[C@@H]1CN(CCNc2cc(F)c([C@H]3CCC(=O)NC3=O)c(F)c2)CCN1c1ccc2c(c1)N1C[C@H](C)CCCOc3c(cnn3C)-c3cc(cc(C)n3)C(=O)/N=C/1N2. The monoisotopic (exact) mass is 824 g/mol. The van der Waals surface area contributed by atoms with Crippen LogP contribution in [0, 0.1) is 24.5 Å². The number of benzene rings is 2. The van der Waals surface area contributed by atoms with Crippen molar-refractivity contribution in [2.75, 3.05) is 80.0 Å². The fraction of sp³-hybridized carbons (Fsp3) is 0.442. The van der Waals surface area contributed by atoms with Crippen molar-refractivity contribution in [3.8, 4) is 17.1 Å². The highest BCUT2D eigenvalue weighted by atomic mass is 19.1. The molecule has 0 unspecified atom stereocenters. The summed E-state index contributed by atoms with van der Waals surface area (Å²) in [6, 6.07) is 12.2. The molecule has 3 N–H and O–H groups in total. The molecule has 0 aliphatic carbocycles. The van der Waals surface area contributed by atoms with Gasteiger partial charge in [-0.25, -0.2) is 13.5 Å². The van der Waals surface area contributed by atoms with Crippen LogP contribution in [0.1, 0.15) is 60.1 Å². The number of nitrogens with one attached hydrogen (secondary N) is 3. The van der Waals surface area contributed by atoms with Crippen molar-refractivity contribution in [2.45, 2.75) is 51.5 Å². The molecule has 4 aliphatic heterocycles. The van der Waals surface area contributed by atoms with Crippen molar-refractivity contribution in [3.63, 3.8) is 0 Å². The molecule has 0 radical (unpaired) electrons. The Kier molecular flexibility index (Phi) is 11.8. The second-order valence-corrected chi connectivity index (χ2v) is 16.0. The van der Waals surface area contributed by atoms with Crippen molar-refractivity contribution in [1.29, 1.82) is 0 Å². The van der Waals surface area contributed by atoms with Crippen LogP contribution in [0.3, 0.4) is 0 Å². The first-order valence-electron chi connectivity index (χ1n) is 20.5. The van der Waals surface area contributed by atoms with Gasteiger partial charge in [-0.05, 0) is 74.6 Å². The number of piperazine rings is 1. The second-order valence-electron chi connectivity index (χ2n) is 16.0. The summed E-state index contributed by atoms with van der Waals surface area (Å²) < 4.78 is 43.9. The van der Waals surface area contributed by atoms with E-state index in [1.807, 2.05) is 20.0 Å². The molecular formula is C43H50F2N10O5. The normalized spacial score (nSPS) is 22.0. The fourth-order valence-electron chi connectivity index (χ4n) is 8.61. The topological polar surface area (TPSA) is 159 Å². The summed E-state index contributed by atoms with van der Waals surface area (Å²) in [5, 5.41) is 13.1. The number of amides is 3. The number of ether oxygens (including phenoxy) is 2. The number of aliphatic imine (C=N–C) groups is 1. The maximum atomic E-state index is 15.1. The van der Waals surface area contributed by atoms with Crippen molar-refractivity contribution < 1.29 is 32.6 Å². The van der Waals surface area contributed by atoms with Crippen LogP contribution in [0.5, 0.6) is 5.88 Å². The summed E-state index contributed by atoms with van der Waals surface area (Å²) in [6.45, 7) is 8.86. The first kappa shape index (κ1) is 40.8. The highest BCUT2D eigenvalue weighted by Gasteiger charge is 2.34. The fourth-order valence-corrected chi connectivity index (χ4v) is 8.61. The zero-order valence-corrected chi connectivity index (χ0v) is 34.3. The van der Waals surface area contributed by atoms with E-state index in [4.69, 9.17) is 14.5 Å². The number of imide groups is 1. The number of carbonyl (C=O) groups is 3. The first-order valence-corrected chi connectivity index (χ1v) is 20.5. The van der Waals surface area contributed by atoms with Gasteiger partial charge in [-0.15, -0.1) is 0 Å². The van der Waals surface area contributed by atoms with Crippen LogP contribution in [0.4, 0.5) is 31.5 Å². The third-order valence-electron chi connectivity index (χ3n) is 11.6. The van der Waals surface area contributed by atoms with Crippen LogP contribution in [-0.4, -0.2) is 109 Å². The predicted molar refractivity (Wildman–Crippen MR) is 224 cm³/mol. The average Bonchev–Trinajstić information content (AvgIpc) is 3.74. The number of halogens is 2. The molecule has 0 saturated carbocycles. The lowest BCUT2D eigenvalue weighted by Crippen LogP contribution is -2.55. The predicted octanol–water partition coefficient (Wildman–Crippen LogP) is 5.08. The van der Waals surface area contributed by atoms with E-state index in [-0.39, 0.29) is 42.0 Å². The lowest BCUT2D eigenvalue weighted by atomic mass is 9.89. The number of aryl methyl sites for hydroxylation is 2. The number of aromatic nitrogens is 3. The number of methoxy groups -OCH3 is 1. The molecule has 2 fully saturated rings. The van der Waals surface area contributed by atoms with Crippen LogP contribution in [0.25, 0.3) is 11.3 Å². The van der Waals surface area contributed by atoms with Gasteiger partial charge in [0, 0.05) is 88.0 Å². The Hall–Kier alpha value is -5.94. The van der Waals surface area contributed by atoms with Gasteiger partial charge in [-0.2, -0.15) is 10.1 Å². The second kappa shape index (κ2) is 17.3. The van der Waals surface area contributed by atoms with Crippen molar-refractivity contribution >= 4 is 46.4 Å². The molecule has 316 valence electrons. The zero-order chi connectivity index (χ0) is 42.1. The summed E-state index contributed by atoms with van der Waals surface area (Å²) in [5.74, 6) is -2.88. The number of nitrogens with zero attached hydrogens (tertiary/aromatic N) is 7. The van der Waals surface area contributed by atoms with E-state index in [1.165, 1.54) is 12.1 Å². The zero-order valence-electron chi connectivity index (χ0n) is 34.3. The van der Waals surface area contributed by atoms with Crippen LogP contribution >= 0.6 is 0 Å². The summed E-state index contributed by atoms with van der Waals surface area (Å²) in [7, 11) is 3.51. The van der Waals surface area contributed by atoms with Gasteiger partial charge in [0.25, 0.3) is 5.91 Å². The Bertz CT molecular complexity index is 2310. The number of hydrogen-bond acceptors (Lipinski definition) is 12. The molecule has 0 spiro atoms. The minimum absolute atomic E-state index is 0.0128. The van der Waals surface area contributed by atoms with Gasteiger partial charge < -0.3 is 29.9 Å². The lowest BCUT2D eigenvalue weighted by molar-refractivity contribution is -0.134. The third-order valence-corrected chi connectivity index (χ3v) is 11.6. The van der Waals surface area contributed by atoms with Gasteiger partial charge >= 0.3 is 0 Å². The van der Waals surface area contributed by atoms with Gasteiger partial charge in [0.1, 0.15) is 11.6 Å². The largest absolute Gasteiger partial charge is 0.477 e. The molecule has 60 heavy (non-hydrogen) atoms. The third kappa shape index (κ3) is 8.54. The quantitative estimate of drug-likeness (QED) is 0.203. The van der Waals surface area contributed by atoms with Crippen molar-refractivity contribution in [1.82, 2.24) is 25.0 Å². The molecular weight excluding hydrogens is 775 g/mol. The number of hydrogen-bond donors (Lipinski definition) is 3. The molecule has 2 aromatic carbocycles. The number of fused-ring (bicyclic) bond motifs is 7. The number of pyridine rings is 1. The molecule has 4 aromatic rings. The molecule has 17 heteroatoms. The van der Waals surface area contributed by atoms with Crippen LogP contribution in [-0.2, 0) is 21.4 Å². The number of rotatable bonds is 8. The summed E-state index contributed by atoms with van der Waals surface area (Å²) in [5.41, 5.74) is 5.19. The van der Waals surface area contributed by atoms with E-state index in [9.17, 15) is 14.4 Å². The Labute approximate surface area is 347 Å². The van der Waals surface area contributed by atoms with Gasteiger partial charge in [0.15, 0.2) is 0 Å². The molecule has 3 amide bonds. The van der Waals surface area contributed by atoms with Crippen molar-refractivity contribution in [2.24, 2.45) is 18.0 Å². The van der Waals surface area contributed by atoms with E-state index < -0.39 is 29.4 Å². The highest BCUT2D eigenvalue weighted by molar-refractivity contribution is 6.19. The lowest BCUT2D eigenvalue weighted by Gasteiger charge is -2.42. The number of carbonyl (C=O) groups excluding carboxylic acids is 3. The van der Waals surface area contributed by atoms with Gasteiger partial charge in [0.05, 0.1) is 54.0 Å². The van der Waals surface area contributed by atoms with E-state index >= 15 is 8.78 Å². The van der Waals surface area contributed by atoms with Gasteiger partial charge in [-0.3, -0.25) is 29.6 Å². The molecule has 3 atom stereocenters. The standard InChI is InChI=1S/C43H50F2N10O5/c1-25-6-5-15-60-42-32(21-47-52(42)3)36-17-27(16-26(2)48-36)40(57)51-43-49-35-9-7-29(20-37(35)55(43)22-25)54-14-13-53(23-30(54)24-59-4)12-11-46-28-18-33(44)39(34(45)19-28)31-8-10-38(56)50-41(31)58/h7,9,16-21,25,30-31,46H,5-6,8,10-15,22-24H2,1-4H3,(H,49,51,57)(H,50,56,58)/t25-,30+,31-/m1/s1. The van der Waals surface area contributed by atoms with Crippen LogP contribution < -0.4 is 30.5 Å². The number of guanidine groups is 1. The Morgan fingerprint density at radius 1 is 1.02 bits per heavy atom. The number of anilines is 4. The highest BCUT2D eigenvalue weighted by Crippen LogP contribution is 2.39. The molecule has 4 aliphatic rings. The van der Waals surface area contributed by atoms with Gasteiger partial charge in [0.2, 0.25) is 23.7 Å². The van der Waals surface area contributed by atoms with Crippen molar-refractivity contribution in [3.05, 3.63) is 77.1 Å². The number of piperidine rings is 1. The molecule has 15 nitrogen and oxygen atoms in total. The van der Waals surface area contributed by atoms with Crippen LogP contribution in [0.2, 0.25) is 0 Å². The van der Waals surface area contributed by atoms with Crippen LogP contribution in [0.15, 0.2) is 53.7 Å². The first-order chi connectivity index (χ1) is 28.9. The van der Waals surface area contributed by atoms with E-state index in [0.29, 0.717) is 74.7 Å². The van der Waals surface area contributed by atoms with Gasteiger partial charge in [-0.1, -0.05) is 6.92 Å². The molecule has 2 aromatic heterocycles. The molecule has 6 heterocycles. The maximum Gasteiger partial charge on any atom is 0.280 e. The van der Waals surface area contributed by atoms with E-state index in [2.05, 4.69) is 59.8 Å².